The predicted molar refractivity (Wildman–Crippen MR) is 99.9 cm³/mol. The number of carbonyl (C=O) groups is 1. The van der Waals surface area contributed by atoms with E-state index < -0.39 is 6.61 Å². The average Bonchev–Trinajstić information content (AvgIpc) is 3.40. The highest BCUT2D eigenvalue weighted by atomic mass is 32.1. The monoisotopic (exact) mass is 389 g/mol. The third-order valence-electron chi connectivity index (χ3n) is 4.47. The Morgan fingerprint density at radius 2 is 1.93 bits per heavy atom. The number of thiophene rings is 1. The maximum Gasteiger partial charge on any atom is 0.387 e. The Kier molecular flexibility index (Phi) is 4.51. The van der Waals surface area contributed by atoms with Crippen molar-refractivity contribution in [3.05, 3.63) is 46.2 Å². The molecule has 5 nitrogen and oxygen atoms in total. The summed E-state index contributed by atoms with van der Waals surface area (Å²) in [5, 5.41) is 3.72. The van der Waals surface area contributed by atoms with Crippen molar-refractivity contribution in [2.75, 3.05) is 5.32 Å². The van der Waals surface area contributed by atoms with Gasteiger partial charge >= 0.3 is 6.61 Å². The minimum atomic E-state index is -2.88. The van der Waals surface area contributed by atoms with Crippen LogP contribution in [0.4, 0.5) is 14.5 Å². The molecule has 0 spiro atoms. The van der Waals surface area contributed by atoms with E-state index in [1.54, 1.807) is 0 Å². The standard InChI is InChI=1S/C19H17F2N3O2S/c1-9-14-10(2)22-16(11-3-4-11)24-18(14)27-15(9)17(25)23-12-5-7-13(8-6-12)26-19(20)21/h5-8,11,19H,3-4H2,1-2H3,(H,23,25). The van der Waals surface area contributed by atoms with Crippen LogP contribution in [0.25, 0.3) is 10.2 Å². The van der Waals surface area contributed by atoms with Crippen LogP contribution in [0.5, 0.6) is 5.75 Å². The molecular formula is C19H17F2N3O2S. The number of rotatable bonds is 5. The minimum absolute atomic E-state index is 0.0412. The number of alkyl halides is 2. The van der Waals surface area contributed by atoms with E-state index in [0.29, 0.717) is 16.5 Å². The maximum atomic E-state index is 12.7. The van der Waals surface area contributed by atoms with E-state index in [0.717, 1.165) is 40.1 Å². The van der Waals surface area contributed by atoms with Gasteiger partial charge in [0.05, 0.1) is 10.6 Å². The Morgan fingerprint density at radius 3 is 2.56 bits per heavy atom. The quantitative estimate of drug-likeness (QED) is 0.664. The molecule has 4 rings (SSSR count). The Balaban J connectivity index is 1.59. The molecule has 0 unspecified atom stereocenters. The molecule has 1 fully saturated rings. The molecule has 0 saturated heterocycles. The second-order valence-electron chi connectivity index (χ2n) is 6.53. The van der Waals surface area contributed by atoms with E-state index in [4.69, 9.17) is 0 Å². The lowest BCUT2D eigenvalue weighted by Gasteiger charge is -2.07. The minimum Gasteiger partial charge on any atom is -0.435 e. The van der Waals surface area contributed by atoms with Crippen molar-refractivity contribution >= 4 is 33.1 Å². The normalized spacial score (nSPS) is 14.0. The highest BCUT2D eigenvalue weighted by Crippen LogP contribution is 2.40. The summed E-state index contributed by atoms with van der Waals surface area (Å²) in [4.78, 5) is 23.4. The van der Waals surface area contributed by atoms with Crippen LogP contribution in [0.3, 0.4) is 0 Å². The number of anilines is 1. The maximum absolute atomic E-state index is 12.7. The summed E-state index contributed by atoms with van der Waals surface area (Å²) in [5.41, 5.74) is 2.24. The van der Waals surface area contributed by atoms with Gasteiger partial charge in [-0.3, -0.25) is 4.79 Å². The topological polar surface area (TPSA) is 64.1 Å². The Morgan fingerprint density at radius 1 is 1.22 bits per heavy atom. The van der Waals surface area contributed by atoms with E-state index in [1.165, 1.54) is 35.6 Å². The summed E-state index contributed by atoms with van der Waals surface area (Å²) in [6.07, 6.45) is 2.24. The summed E-state index contributed by atoms with van der Waals surface area (Å²) in [6.45, 7) is 0.955. The van der Waals surface area contributed by atoms with Gasteiger partial charge in [0, 0.05) is 17.0 Å². The number of aromatic nitrogens is 2. The number of benzene rings is 1. The van der Waals surface area contributed by atoms with Gasteiger partial charge in [-0.2, -0.15) is 8.78 Å². The third kappa shape index (κ3) is 3.62. The van der Waals surface area contributed by atoms with Gasteiger partial charge in [-0.05, 0) is 56.5 Å². The number of halogens is 2. The highest BCUT2D eigenvalue weighted by molar-refractivity contribution is 7.20. The lowest BCUT2D eigenvalue weighted by Crippen LogP contribution is -2.11. The van der Waals surface area contributed by atoms with Crippen LogP contribution in [0.2, 0.25) is 0 Å². The molecule has 2 aromatic heterocycles. The molecule has 1 N–H and O–H groups in total. The zero-order valence-electron chi connectivity index (χ0n) is 14.8. The zero-order chi connectivity index (χ0) is 19.1. The molecular weight excluding hydrogens is 372 g/mol. The van der Waals surface area contributed by atoms with Crippen molar-refractivity contribution in [2.45, 2.75) is 39.2 Å². The van der Waals surface area contributed by atoms with Crippen LogP contribution in [0.1, 0.15) is 45.5 Å². The molecule has 0 bridgehead atoms. The van der Waals surface area contributed by atoms with Crippen LogP contribution in [-0.4, -0.2) is 22.5 Å². The number of nitrogens with zero attached hydrogens (tertiary/aromatic N) is 2. The predicted octanol–water partition coefficient (Wildman–Crippen LogP) is 5.04. The Hall–Kier alpha value is -2.61. The first-order chi connectivity index (χ1) is 12.9. The number of hydrogen-bond donors (Lipinski definition) is 1. The Bertz CT molecular complexity index is 1010. The van der Waals surface area contributed by atoms with Gasteiger partial charge < -0.3 is 10.1 Å². The molecule has 3 aromatic rings. The van der Waals surface area contributed by atoms with Gasteiger partial charge in [0.25, 0.3) is 5.91 Å². The largest absolute Gasteiger partial charge is 0.435 e. The number of hydrogen-bond acceptors (Lipinski definition) is 5. The first kappa shape index (κ1) is 17.8. The lowest BCUT2D eigenvalue weighted by atomic mass is 10.1. The molecule has 1 aliphatic rings. The second kappa shape index (κ2) is 6.84. The fraction of sp³-hybridized carbons (Fsp3) is 0.316. The molecule has 1 aliphatic carbocycles. The highest BCUT2D eigenvalue weighted by Gasteiger charge is 2.28. The summed E-state index contributed by atoms with van der Waals surface area (Å²) in [5.74, 6) is 1.09. The molecule has 8 heteroatoms. The summed E-state index contributed by atoms with van der Waals surface area (Å²) in [6, 6.07) is 5.82. The summed E-state index contributed by atoms with van der Waals surface area (Å²) < 4.78 is 28.7. The molecule has 27 heavy (non-hydrogen) atoms. The first-order valence-corrected chi connectivity index (χ1v) is 9.38. The lowest BCUT2D eigenvalue weighted by molar-refractivity contribution is -0.0498. The molecule has 2 heterocycles. The molecule has 1 saturated carbocycles. The molecule has 0 radical (unpaired) electrons. The van der Waals surface area contributed by atoms with Crippen LogP contribution in [0, 0.1) is 13.8 Å². The summed E-state index contributed by atoms with van der Waals surface area (Å²) >= 11 is 1.35. The number of aryl methyl sites for hydroxylation is 2. The van der Waals surface area contributed by atoms with E-state index in [1.807, 2.05) is 13.8 Å². The molecule has 1 aromatic carbocycles. The van der Waals surface area contributed by atoms with Crippen LogP contribution >= 0.6 is 11.3 Å². The van der Waals surface area contributed by atoms with Gasteiger partial charge in [0.15, 0.2) is 0 Å². The molecule has 0 atom stereocenters. The van der Waals surface area contributed by atoms with E-state index in [-0.39, 0.29) is 11.7 Å². The average molecular weight is 389 g/mol. The van der Waals surface area contributed by atoms with Gasteiger partial charge in [0.1, 0.15) is 16.4 Å². The van der Waals surface area contributed by atoms with Crippen molar-refractivity contribution in [2.24, 2.45) is 0 Å². The van der Waals surface area contributed by atoms with E-state index in [2.05, 4.69) is 20.0 Å². The second-order valence-corrected chi connectivity index (χ2v) is 7.53. The zero-order valence-corrected chi connectivity index (χ0v) is 15.6. The number of amides is 1. The van der Waals surface area contributed by atoms with Crippen molar-refractivity contribution in [3.8, 4) is 5.75 Å². The summed E-state index contributed by atoms with van der Waals surface area (Å²) in [7, 11) is 0. The molecule has 0 aliphatic heterocycles. The van der Waals surface area contributed by atoms with E-state index in [9.17, 15) is 13.6 Å². The number of nitrogens with one attached hydrogen (secondary N) is 1. The van der Waals surface area contributed by atoms with Crippen LogP contribution in [0.15, 0.2) is 24.3 Å². The van der Waals surface area contributed by atoms with Crippen molar-refractivity contribution in [1.82, 2.24) is 9.97 Å². The van der Waals surface area contributed by atoms with Crippen molar-refractivity contribution < 1.29 is 18.3 Å². The third-order valence-corrected chi connectivity index (χ3v) is 5.66. The van der Waals surface area contributed by atoms with Crippen molar-refractivity contribution in [1.29, 1.82) is 0 Å². The van der Waals surface area contributed by atoms with Gasteiger partial charge in [-0.25, -0.2) is 9.97 Å². The SMILES string of the molecule is Cc1nc(C2CC2)nc2sc(C(=O)Nc3ccc(OC(F)F)cc3)c(C)c12. The van der Waals surface area contributed by atoms with Gasteiger partial charge in [-0.1, -0.05) is 0 Å². The fourth-order valence-corrected chi connectivity index (χ4v) is 4.14. The Labute approximate surface area is 158 Å². The number of carbonyl (C=O) groups excluding carboxylic acids is 1. The van der Waals surface area contributed by atoms with Crippen LogP contribution < -0.4 is 10.1 Å². The molecule has 140 valence electrons. The first-order valence-electron chi connectivity index (χ1n) is 8.56. The number of fused-ring (bicyclic) bond motifs is 1. The van der Waals surface area contributed by atoms with Gasteiger partial charge in [0.2, 0.25) is 0 Å². The fourth-order valence-electron chi connectivity index (χ4n) is 3.01. The number of ether oxygens (including phenoxy) is 1. The van der Waals surface area contributed by atoms with Gasteiger partial charge in [-0.15, -0.1) is 11.3 Å². The smallest absolute Gasteiger partial charge is 0.387 e. The molecule has 1 amide bonds. The van der Waals surface area contributed by atoms with Crippen LogP contribution in [-0.2, 0) is 0 Å². The van der Waals surface area contributed by atoms with Crippen molar-refractivity contribution in [3.63, 3.8) is 0 Å². The van der Waals surface area contributed by atoms with E-state index >= 15 is 0 Å².